The van der Waals surface area contributed by atoms with Gasteiger partial charge in [-0.3, -0.25) is 14.3 Å². The lowest BCUT2D eigenvalue weighted by molar-refractivity contribution is -0.133. The van der Waals surface area contributed by atoms with Gasteiger partial charge in [0.25, 0.3) is 5.91 Å². The van der Waals surface area contributed by atoms with E-state index < -0.39 is 11.7 Å². The van der Waals surface area contributed by atoms with E-state index >= 15 is 0 Å². The Morgan fingerprint density at radius 1 is 1.40 bits per heavy atom. The molecule has 1 aromatic carbocycles. The van der Waals surface area contributed by atoms with Gasteiger partial charge in [0.2, 0.25) is 5.78 Å². The minimum atomic E-state index is -0.647. The molecule has 6 nitrogen and oxygen atoms in total. The monoisotopic (exact) mass is 273 g/mol. The Balaban J connectivity index is 2.05. The number of Topliss-reactive ketones (excluding diaryl/α,β-unsaturated/α-hetero) is 1. The summed E-state index contributed by atoms with van der Waals surface area (Å²) in [4.78, 5) is 22.1. The number of aromatic nitrogens is 2. The maximum Gasteiger partial charge on any atom is 0.291 e. The van der Waals surface area contributed by atoms with E-state index in [0.29, 0.717) is 12.2 Å². The van der Waals surface area contributed by atoms with Gasteiger partial charge < -0.3 is 10.1 Å². The SMILES string of the molecule is COc1cccc(Cn2cc(NC(=O)C(C)=O)cn2)c1. The first-order valence-electron chi connectivity index (χ1n) is 6.06. The molecule has 0 spiro atoms. The number of benzene rings is 1. The van der Waals surface area contributed by atoms with Gasteiger partial charge in [-0.05, 0) is 17.7 Å². The summed E-state index contributed by atoms with van der Waals surface area (Å²) < 4.78 is 6.82. The number of carbonyl (C=O) groups is 2. The lowest BCUT2D eigenvalue weighted by Crippen LogP contribution is -2.19. The molecule has 104 valence electrons. The zero-order chi connectivity index (χ0) is 14.5. The van der Waals surface area contributed by atoms with Crippen LogP contribution in [0.5, 0.6) is 5.75 Å². The minimum Gasteiger partial charge on any atom is -0.497 e. The van der Waals surface area contributed by atoms with E-state index in [2.05, 4.69) is 10.4 Å². The van der Waals surface area contributed by atoms with E-state index in [0.717, 1.165) is 11.3 Å². The summed E-state index contributed by atoms with van der Waals surface area (Å²) in [5.74, 6) is -0.406. The predicted octanol–water partition coefficient (Wildman–Crippen LogP) is 1.47. The van der Waals surface area contributed by atoms with Crippen LogP contribution in [0, 0.1) is 0 Å². The molecule has 1 N–H and O–H groups in total. The maximum absolute atomic E-state index is 11.2. The van der Waals surface area contributed by atoms with Crippen molar-refractivity contribution in [1.82, 2.24) is 9.78 Å². The second-order valence-electron chi connectivity index (χ2n) is 4.29. The van der Waals surface area contributed by atoms with E-state index in [1.807, 2.05) is 24.3 Å². The topological polar surface area (TPSA) is 73.2 Å². The lowest BCUT2D eigenvalue weighted by atomic mass is 10.2. The summed E-state index contributed by atoms with van der Waals surface area (Å²) in [5.41, 5.74) is 1.52. The molecular weight excluding hydrogens is 258 g/mol. The Bertz CT molecular complexity index is 634. The van der Waals surface area contributed by atoms with Crippen LogP contribution in [0.4, 0.5) is 5.69 Å². The highest BCUT2D eigenvalue weighted by Crippen LogP contribution is 2.14. The highest BCUT2D eigenvalue weighted by molar-refractivity contribution is 6.39. The summed E-state index contributed by atoms with van der Waals surface area (Å²) in [6.07, 6.45) is 3.17. The molecule has 2 aromatic rings. The Labute approximate surface area is 116 Å². The largest absolute Gasteiger partial charge is 0.497 e. The van der Waals surface area contributed by atoms with Gasteiger partial charge >= 0.3 is 0 Å². The third-order valence-corrected chi connectivity index (χ3v) is 2.69. The molecule has 2 rings (SSSR count). The molecule has 0 aliphatic rings. The summed E-state index contributed by atoms with van der Waals surface area (Å²) >= 11 is 0. The van der Waals surface area contributed by atoms with Gasteiger partial charge in [-0.25, -0.2) is 0 Å². The minimum absolute atomic E-state index is 0.494. The lowest BCUT2D eigenvalue weighted by Gasteiger charge is -2.04. The molecule has 6 heteroatoms. The molecule has 0 unspecified atom stereocenters. The average molecular weight is 273 g/mol. The van der Waals surface area contributed by atoms with Crippen molar-refractivity contribution in [2.24, 2.45) is 0 Å². The highest BCUT2D eigenvalue weighted by Gasteiger charge is 2.09. The Morgan fingerprint density at radius 3 is 2.90 bits per heavy atom. The second-order valence-corrected chi connectivity index (χ2v) is 4.29. The molecule has 0 saturated carbocycles. The molecule has 1 amide bonds. The van der Waals surface area contributed by atoms with E-state index in [9.17, 15) is 9.59 Å². The molecule has 0 radical (unpaired) electrons. The number of ketones is 1. The highest BCUT2D eigenvalue weighted by atomic mass is 16.5. The van der Waals surface area contributed by atoms with Gasteiger partial charge in [-0.2, -0.15) is 5.10 Å². The summed E-state index contributed by atoms with van der Waals surface area (Å²) in [5, 5.41) is 6.60. The Morgan fingerprint density at radius 2 is 2.20 bits per heavy atom. The molecular formula is C14H15N3O3. The molecule has 0 fully saturated rings. The first-order chi connectivity index (χ1) is 9.58. The number of ether oxygens (including phenoxy) is 1. The Hall–Kier alpha value is -2.63. The average Bonchev–Trinajstić information content (AvgIpc) is 2.86. The van der Waals surface area contributed by atoms with Gasteiger partial charge in [0.1, 0.15) is 5.75 Å². The fraction of sp³-hybridized carbons (Fsp3) is 0.214. The standard InChI is InChI=1S/C14H15N3O3/c1-10(18)14(19)16-12-7-15-17(9-12)8-11-4-3-5-13(6-11)20-2/h3-7,9H,8H2,1-2H3,(H,16,19). The number of hydrogen-bond donors (Lipinski definition) is 1. The normalized spacial score (nSPS) is 10.1. The number of methoxy groups -OCH3 is 1. The summed E-state index contributed by atoms with van der Waals surface area (Å²) in [6.45, 7) is 1.77. The van der Waals surface area contributed by atoms with Crippen LogP contribution in [-0.4, -0.2) is 28.6 Å². The number of nitrogens with one attached hydrogen (secondary N) is 1. The van der Waals surface area contributed by atoms with E-state index in [4.69, 9.17) is 4.74 Å². The van der Waals surface area contributed by atoms with Crippen molar-refractivity contribution >= 4 is 17.4 Å². The third-order valence-electron chi connectivity index (χ3n) is 2.69. The van der Waals surface area contributed by atoms with Crippen LogP contribution in [0.1, 0.15) is 12.5 Å². The molecule has 0 aliphatic heterocycles. The molecule has 0 aliphatic carbocycles. The van der Waals surface area contributed by atoms with Crippen LogP contribution in [0.2, 0.25) is 0 Å². The molecule has 0 saturated heterocycles. The first-order valence-corrected chi connectivity index (χ1v) is 6.06. The number of carbonyl (C=O) groups excluding carboxylic acids is 2. The van der Waals surface area contributed by atoms with Crippen molar-refractivity contribution in [2.75, 3.05) is 12.4 Å². The van der Waals surface area contributed by atoms with Crippen molar-refractivity contribution in [1.29, 1.82) is 0 Å². The zero-order valence-electron chi connectivity index (χ0n) is 11.3. The zero-order valence-corrected chi connectivity index (χ0v) is 11.3. The number of rotatable bonds is 5. The quantitative estimate of drug-likeness (QED) is 0.837. The number of hydrogen-bond acceptors (Lipinski definition) is 4. The number of nitrogens with zero attached hydrogens (tertiary/aromatic N) is 2. The van der Waals surface area contributed by atoms with Crippen molar-refractivity contribution in [3.63, 3.8) is 0 Å². The van der Waals surface area contributed by atoms with Gasteiger partial charge in [-0.15, -0.1) is 0 Å². The number of amides is 1. The molecule has 1 heterocycles. The fourth-order valence-electron chi connectivity index (χ4n) is 1.69. The fourth-order valence-corrected chi connectivity index (χ4v) is 1.69. The summed E-state index contributed by atoms with van der Waals surface area (Å²) in [6, 6.07) is 7.63. The van der Waals surface area contributed by atoms with Crippen LogP contribution in [-0.2, 0) is 16.1 Å². The van der Waals surface area contributed by atoms with Gasteiger partial charge in [-0.1, -0.05) is 12.1 Å². The van der Waals surface area contributed by atoms with Crippen LogP contribution >= 0.6 is 0 Å². The van der Waals surface area contributed by atoms with Crippen molar-refractivity contribution < 1.29 is 14.3 Å². The molecule has 20 heavy (non-hydrogen) atoms. The van der Waals surface area contributed by atoms with Crippen molar-refractivity contribution in [3.8, 4) is 5.75 Å². The number of anilines is 1. The van der Waals surface area contributed by atoms with E-state index in [-0.39, 0.29) is 0 Å². The molecule has 0 atom stereocenters. The first kappa shape index (κ1) is 13.8. The van der Waals surface area contributed by atoms with Crippen LogP contribution in [0.25, 0.3) is 0 Å². The van der Waals surface area contributed by atoms with Crippen LogP contribution in [0.15, 0.2) is 36.7 Å². The predicted molar refractivity (Wildman–Crippen MR) is 73.6 cm³/mol. The molecule has 1 aromatic heterocycles. The second kappa shape index (κ2) is 6.01. The summed E-state index contributed by atoms with van der Waals surface area (Å²) in [7, 11) is 1.61. The van der Waals surface area contributed by atoms with Gasteiger partial charge in [0.05, 0.1) is 25.5 Å². The van der Waals surface area contributed by atoms with Crippen molar-refractivity contribution in [2.45, 2.75) is 13.5 Å². The van der Waals surface area contributed by atoms with Crippen LogP contribution < -0.4 is 10.1 Å². The van der Waals surface area contributed by atoms with E-state index in [1.165, 1.54) is 13.1 Å². The van der Waals surface area contributed by atoms with Crippen molar-refractivity contribution in [3.05, 3.63) is 42.2 Å². The van der Waals surface area contributed by atoms with Gasteiger partial charge in [0.15, 0.2) is 0 Å². The molecule has 0 bridgehead atoms. The van der Waals surface area contributed by atoms with Crippen LogP contribution in [0.3, 0.4) is 0 Å². The maximum atomic E-state index is 11.2. The van der Waals surface area contributed by atoms with E-state index in [1.54, 1.807) is 18.0 Å². The van der Waals surface area contributed by atoms with Gasteiger partial charge in [0, 0.05) is 13.1 Å². The Kier molecular flexibility index (Phi) is 4.14. The smallest absolute Gasteiger partial charge is 0.291 e. The third kappa shape index (κ3) is 3.44.